The molecule has 2 atom stereocenters. The fourth-order valence-corrected chi connectivity index (χ4v) is 6.42. The molecule has 0 amide bonds. The van der Waals surface area contributed by atoms with Crippen molar-refractivity contribution < 1.29 is 35.5 Å². The van der Waals surface area contributed by atoms with E-state index < -0.39 is 43.8 Å². The molecule has 4 rings (SSSR count). The van der Waals surface area contributed by atoms with Crippen molar-refractivity contribution >= 4 is 21.5 Å². The largest absolute Gasteiger partial charge is 0.433 e. The third-order valence-corrected chi connectivity index (χ3v) is 8.98. The Kier molecular flexibility index (Phi) is 5.70. The Labute approximate surface area is 193 Å². The molecule has 1 saturated carbocycles. The van der Waals surface area contributed by atoms with E-state index in [2.05, 4.69) is 14.7 Å². The van der Waals surface area contributed by atoms with E-state index in [1.54, 1.807) is 0 Å². The molecule has 2 aromatic rings. The van der Waals surface area contributed by atoms with Crippen molar-refractivity contribution in [3.8, 4) is 5.75 Å². The normalized spacial score (nSPS) is 24.7. The predicted molar refractivity (Wildman–Crippen MR) is 115 cm³/mol. The molecule has 0 saturated heterocycles. The van der Waals surface area contributed by atoms with Gasteiger partial charge in [-0.15, -0.1) is 0 Å². The molecule has 1 spiro atoms. The quantitative estimate of drug-likeness (QED) is 0.482. The van der Waals surface area contributed by atoms with Crippen LogP contribution in [-0.2, 0) is 21.8 Å². The summed E-state index contributed by atoms with van der Waals surface area (Å²) in [5, 5.41) is 0. The Hall–Kier alpha value is -3.02. The smallest absolute Gasteiger partial charge is 0.387 e. The molecular formula is C22H21F4N3O4S. The highest BCUT2D eigenvalue weighted by molar-refractivity contribution is 7.94. The maximum atomic E-state index is 15.4. The number of carbonyl (C=O) groups excluding carboxylic acids is 1. The van der Waals surface area contributed by atoms with Crippen LogP contribution in [0.1, 0.15) is 46.9 Å². The van der Waals surface area contributed by atoms with Crippen molar-refractivity contribution in [2.24, 2.45) is 10.7 Å². The van der Waals surface area contributed by atoms with Crippen LogP contribution in [0, 0.1) is 12.7 Å². The SMILES string of the molecule is Cc1cc(OC(F)F)cnc1C(=O)Cc1ccc(F)c([C@@]2(C)N=C(N)C3(CC3)S(=O)(=O)[C@@H]2F)c1. The highest BCUT2D eigenvalue weighted by atomic mass is 32.2. The summed E-state index contributed by atoms with van der Waals surface area (Å²) in [6.45, 7) is -0.410. The monoisotopic (exact) mass is 499 g/mol. The number of Topliss-reactive ketones (excluding diaryl/α,β-unsaturated/α-hetero) is 1. The van der Waals surface area contributed by atoms with Crippen LogP contribution in [0.5, 0.6) is 5.75 Å². The summed E-state index contributed by atoms with van der Waals surface area (Å²) in [6, 6.07) is 4.70. The van der Waals surface area contributed by atoms with E-state index in [4.69, 9.17) is 5.73 Å². The van der Waals surface area contributed by atoms with Crippen molar-refractivity contribution in [1.82, 2.24) is 4.98 Å². The van der Waals surface area contributed by atoms with Gasteiger partial charge in [0.05, 0.1) is 6.20 Å². The summed E-state index contributed by atoms with van der Waals surface area (Å²) >= 11 is 0. The molecule has 7 nitrogen and oxygen atoms in total. The number of hydrogen-bond acceptors (Lipinski definition) is 7. The van der Waals surface area contributed by atoms with Gasteiger partial charge in [-0.3, -0.25) is 9.79 Å². The van der Waals surface area contributed by atoms with E-state index in [1.165, 1.54) is 25.1 Å². The number of aromatic nitrogens is 1. The highest BCUT2D eigenvalue weighted by Gasteiger charge is 2.67. The molecule has 1 aliphatic carbocycles. The van der Waals surface area contributed by atoms with Gasteiger partial charge in [-0.2, -0.15) is 8.78 Å². The van der Waals surface area contributed by atoms with Crippen LogP contribution in [0.15, 0.2) is 35.5 Å². The number of hydrogen-bond donors (Lipinski definition) is 1. The van der Waals surface area contributed by atoms with Gasteiger partial charge in [-0.25, -0.2) is 22.2 Å². The molecule has 1 aliphatic heterocycles. The van der Waals surface area contributed by atoms with Crippen molar-refractivity contribution in [3.05, 3.63) is 58.7 Å². The number of ether oxygens (including phenoxy) is 1. The van der Waals surface area contributed by atoms with Gasteiger partial charge in [0, 0.05) is 12.0 Å². The second kappa shape index (κ2) is 8.03. The number of amidine groups is 1. The molecule has 1 fully saturated rings. The lowest BCUT2D eigenvalue weighted by Gasteiger charge is -2.37. The zero-order chi connectivity index (χ0) is 25.1. The summed E-state index contributed by atoms with van der Waals surface area (Å²) in [7, 11) is -4.38. The van der Waals surface area contributed by atoms with Gasteiger partial charge in [0.1, 0.15) is 33.4 Å². The van der Waals surface area contributed by atoms with Gasteiger partial charge < -0.3 is 10.5 Å². The van der Waals surface area contributed by atoms with Crippen LogP contribution in [0.3, 0.4) is 0 Å². The summed E-state index contributed by atoms with van der Waals surface area (Å²) in [6.07, 6.45) is 1.01. The zero-order valence-electron chi connectivity index (χ0n) is 18.2. The van der Waals surface area contributed by atoms with E-state index in [1.807, 2.05) is 0 Å². The van der Waals surface area contributed by atoms with E-state index >= 15 is 4.39 Å². The third-order valence-electron chi connectivity index (χ3n) is 6.27. The average Bonchev–Trinajstić information content (AvgIpc) is 3.55. The summed E-state index contributed by atoms with van der Waals surface area (Å²) in [5.41, 5.74) is 1.40. The first kappa shape index (κ1) is 24.1. The highest BCUT2D eigenvalue weighted by Crippen LogP contribution is 2.53. The fraction of sp³-hybridized carbons (Fsp3) is 0.409. The van der Waals surface area contributed by atoms with Crippen LogP contribution >= 0.6 is 0 Å². The van der Waals surface area contributed by atoms with Crippen molar-refractivity contribution in [3.63, 3.8) is 0 Å². The fourth-order valence-electron chi connectivity index (χ4n) is 4.23. The maximum absolute atomic E-state index is 15.4. The number of nitrogens with zero attached hydrogens (tertiary/aromatic N) is 2. The molecular weight excluding hydrogens is 478 g/mol. The lowest BCUT2D eigenvalue weighted by Crippen LogP contribution is -2.54. The van der Waals surface area contributed by atoms with E-state index in [0.717, 1.165) is 19.2 Å². The number of ketones is 1. The number of aryl methyl sites for hydroxylation is 1. The number of benzene rings is 1. The number of aliphatic imine (C=N–C) groups is 1. The van der Waals surface area contributed by atoms with Gasteiger partial charge in [-0.05, 0) is 56.0 Å². The minimum Gasteiger partial charge on any atom is -0.433 e. The molecule has 2 aliphatic rings. The Morgan fingerprint density at radius 1 is 1.29 bits per heavy atom. The maximum Gasteiger partial charge on any atom is 0.387 e. The van der Waals surface area contributed by atoms with Gasteiger partial charge >= 0.3 is 6.61 Å². The zero-order valence-corrected chi connectivity index (χ0v) is 19.0. The first-order valence-corrected chi connectivity index (χ1v) is 11.8. The number of nitrogens with two attached hydrogens (primary N) is 1. The second-order valence-electron chi connectivity index (χ2n) is 8.63. The van der Waals surface area contributed by atoms with Crippen LogP contribution in [0.4, 0.5) is 17.6 Å². The lowest BCUT2D eigenvalue weighted by atomic mass is 9.90. The Bertz CT molecular complexity index is 1310. The van der Waals surface area contributed by atoms with Crippen LogP contribution in [0.25, 0.3) is 0 Å². The average molecular weight is 499 g/mol. The molecule has 12 heteroatoms. The van der Waals surface area contributed by atoms with Gasteiger partial charge in [0.25, 0.3) is 0 Å². The molecule has 182 valence electrons. The Balaban J connectivity index is 1.66. The number of carbonyl (C=O) groups is 1. The first-order valence-electron chi connectivity index (χ1n) is 10.3. The molecule has 0 bridgehead atoms. The molecule has 34 heavy (non-hydrogen) atoms. The Morgan fingerprint density at radius 2 is 1.97 bits per heavy atom. The van der Waals surface area contributed by atoms with Gasteiger partial charge in [0.2, 0.25) is 5.50 Å². The number of pyridine rings is 1. The van der Waals surface area contributed by atoms with E-state index in [0.29, 0.717) is 0 Å². The molecule has 1 aromatic carbocycles. The molecule has 2 N–H and O–H groups in total. The number of alkyl halides is 3. The lowest BCUT2D eigenvalue weighted by molar-refractivity contribution is -0.0501. The van der Waals surface area contributed by atoms with Crippen molar-refractivity contribution in [2.45, 2.75) is 55.5 Å². The molecule has 0 unspecified atom stereocenters. The second-order valence-corrected chi connectivity index (χ2v) is 10.9. The van der Waals surface area contributed by atoms with Crippen LogP contribution in [-0.4, -0.2) is 41.9 Å². The summed E-state index contributed by atoms with van der Waals surface area (Å²) in [4.78, 5) is 20.7. The predicted octanol–water partition coefficient (Wildman–Crippen LogP) is 3.38. The standard InChI is InChI=1S/C22H21F4N3O4S/c1-11-7-13(33-20(25)26)10-28-17(11)16(30)9-12-3-4-15(23)14(8-12)21(2)18(24)34(31,32)22(5-6-22)19(27)29-21/h3-4,7-8,10,18,20H,5-6,9H2,1-2H3,(H2,27,29)/t18-,21+/m0/s1. The van der Waals surface area contributed by atoms with Gasteiger partial charge in [0.15, 0.2) is 15.6 Å². The molecule has 2 heterocycles. The summed E-state index contributed by atoms with van der Waals surface area (Å²) in [5.74, 6) is -1.88. The topological polar surface area (TPSA) is 112 Å². The van der Waals surface area contributed by atoms with Crippen LogP contribution < -0.4 is 10.5 Å². The van der Waals surface area contributed by atoms with Gasteiger partial charge in [-0.1, -0.05) is 6.07 Å². The number of halogens is 4. The van der Waals surface area contributed by atoms with Crippen LogP contribution in [0.2, 0.25) is 0 Å². The van der Waals surface area contributed by atoms with E-state index in [-0.39, 0.29) is 53.2 Å². The minimum absolute atomic E-state index is 0.0137. The summed E-state index contributed by atoms with van der Waals surface area (Å²) < 4.78 is 83.2. The molecule has 1 aromatic heterocycles. The Morgan fingerprint density at radius 3 is 2.56 bits per heavy atom. The van der Waals surface area contributed by atoms with Crippen molar-refractivity contribution in [1.29, 1.82) is 0 Å². The number of sulfone groups is 1. The van der Waals surface area contributed by atoms with E-state index in [9.17, 15) is 26.4 Å². The molecule has 0 radical (unpaired) electrons. The first-order chi connectivity index (χ1) is 15.8. The third kappa shape index (κ3) is 3.73. The van der Waals surface area contributed by atoms with Crippen molar-refractivity contribution in [2.75, 3.05) is 0 Å². The minimum atomic E-state index is -4.38. The number of rotatable bonds is 6.